The highest BCUT2D eigenvalue weighted by atomic mass is 32.1. The zero-order valence-corrected chi connectivity index (χ0v) is 9.90. The Bertz CT molecular complexity index is 258. The summed E-state index contributed by atoms with van der Waals surface area (Å²) in [5, 5.41) is 6.62. The zero-order valence-electron chi connectivity index (χ0n) is 9.08. The van der Waals surface area contributed by atoms with Crippen molar-refractivity contribution >= 4 is 11.3 Å². The molecule has 0 radical (unpaired) electrons. The van der Waals surface area contributed by atoms with E-state index in [1.54, 1.807) is 11.3 Å². The molecule has 0 saturated heterocycles. The van der Waals surface area contributed by atoms with E-state index < -0.39 is 0 Å². The molecule has 0 bridgehead atoms. The van der Waals surface area contributed by atoms with Gasteiger partial charge in [-0.15, -0.1) is 11.3 Å². The third kappa shape index (κ3) is 2.77. The van der Waals surface area contributed by atoms with E-state index in [9.17, 15) is 0 Å². The first-order chi connectivity index (χ1) is 6.58. The molecular weight excluding hydrogens is 194 g/mol. The lowest BCUT2D eigenvalue weighted by molar-refractivity contribution is 0.344. The maximum Gasteiger partial charge on any atom is 0.112 e. The molecule has 2 atom stereocenters. The molecule has 3 nitrogen and oxygen atoms in total. The molecule has 80 valence electrons. The highest BCUT2D eigenvalue weighted by Crippen LogP contribution is 2.25. The fourth-order valence-corrected chi connectivity index (χ4v) is 2.08. The molecule has 0 aliphatic carbocycles. The topological polar surface area (TPSA) is 50.9 Å². The Balaban J connectivity index is 2.67. The van der Waals surface area contributed by atoms with Crippen molar-refractivity contribution in [3.63, 3.8) is 0 Å². The highest BCUT2D eigenvalue weighted by Gasteiger charge is 2.26. The monoisotopic (exact) mass is 213 g/mol. The Morgan fingerprint density at radius 3 is 2.86 bits per heavy atom. The number of nitrogens with two attached hydrogens (primary N) is 1. The Morgan fingerprint density at radius 1 is 1.71 bits per heavy atom. The lowest BCUT2D eigenvalue weighted by Crippen LogP contribution is -2.44. The molecule has 2 unspecified atom stereocenters. The van der Waals surface area contributed by atoms with E-state index in [1.807, 2.05) is 18.5 Å². The summed E-state index contributed by atoms with van der Waals surface area (Å²) in [4.78, 5) is 4.35. The minimum atomic E-state index is -0.0260. The van der Waals surface area contributed by atoms with Gasteiger partial charge in [-0.05, 0) is 20.3 Å². The average Bonchev–Trinajstić information content (AvgIpc) is 2.67. The number of thiazole rings is 1. The van der Waals surface area contributed by atoms with Crippen LogP contribution in [0.2, 0.25) is 0 Å². The minimum absolute atomic E-state index is 0.0260. The SMILES string of the molecule is CCC(C)(NCC(C)N)c1nccs1. The van der Waals surface area contributed by atoms with E-state index in [0.29, 0.717) is 0 Å². The van der Waals surface area contributed by atoms with Crippen molar-refractivity contribution in [3.05, 3.63) is 16.6 Å². The van der Waals surface area contributed by atoms with Crippen molar-refractivity contribution in [1.82, 2.24) is 10.3 Å². The van der Waals surface area contributed by atoms with Gasteiger partial charge in [0.1, 0.15) is 5.01 Å². The molecule has 4 heteroatoms. The van der Waals surface area contributed by atoms with E-state index in [2.05, 4.69) is 24.1 Å². The summed E-state index contributed by atoms with van der Waals surface area (Å²) >= 11 is 1.69. The summed E-state index contributed by atoms with van der Waals surface area (Å²) in [5.41, 5.74) is 5.70. The van der Waals surface area contributed by atoms with Gasteiger partial charge in [0, 0.05) is 24.2 Å². The summed E-state index contributed by atoms with van der Waals surface area (Å²) in [5.74, 6) is 0. The molecule has 0 amide bonds. The molecule has 0 aliphatic heterocycles. The van der Waals surface area contributed by atoms with Crippen molar-refractivity contribution in [1.29, 1.82) is 0 Å². The van der Waals surface area contributed by atoms with Crippen LogP contribution in [0.3, 0.4) is 0 Å². The van der Waals surface area contributed by atoms with Gasteiger partial charge in [-0.2, -0.15) is 0 Å². The number of hydrogen-bond donors (Lipinski definition) is 2. The molecular formula is C10H19N3S. The lowest BCUT2D eigenvalue weighted by Gasteiger charge is -2.28. The van der Waals surface area contributed by atoms with Gasteiger partial charge in [0.15, 0.2) is 0 Å². The second kappa shape index (κ2) is 4.87. The number of rotatable bonds is 5. The fourth-order valence-electron chi connectivity index (χ4n) is 1.23. The van der Waals surface area contributed by atoms with Crippen LogP contribution in [0.15, 0.2) is 11.6 Å². The van der Waals surface area contributed by atoms with Gasteiger partial charge in [0.25, 0.3) is 0 Å². The van der Waals surface area contributed by atoms with Crippen molar-refractivity contribution < 1.29 is 0 Å². The standard InChI is InChI=1S/C10H19N3S/c1-4-10(3,13-7-8(2)11)9-12-5-6-14-9/h5-6,8,13H,4,7,11H2,1-3H3. The third-order valence-corrected chi connectivity index (χ3v) is 3.46. The largest absolute Gasteiger partial charge is 0.327 e. The van der Waals surface area contributed by atoms with E-state index in [4.69, 9.17) is 5.73 Å². The Morgan fingerprint density at radius 2 is 2.43 bits per heavy atom. The van der Waals surface area contributed by atoms with Crippen molar-refractivity contribution in [2.45, 2.75) is 38.8 Å². The molecule has 0 saturated carbocycles. The van der Waals surface area contributed by atoms with Gasteiger partial charge < -0.3 is 11.1 Å². The Labute approximate surface area is 89.7 Å². The van der Waals surface area contributed by atoms with Crippen LogP contribution in [-0.2, 0) is 5.54 Å². The smallest absolute Gasteiger partial charge is 0.112 e. The van der Waals surface area contributed by atoms with Gasteiger partial charge in [0.2, 0.25) is 0 Å². The summed E-state index contributed by atoms with van der Waals surface area (Å²) in [7, 11) is 0. The van der Waals surface area contributed by atoms with Crippen molar-refractivity contribution in [3.8, 4) is 0 Å². The Kier molecular flexibility index (Phi) is 4.04. The van der Waals surface area contributed by atoms with Crippen LogP contribution < -0.4 is 11.1 Å². The van der Waals surface area contributed by atoms with Crippen LogP contribution in [-0.4, -0.2) is 17.6 Å². The molecule has 1 heterocycles. The van der Waals surface area contributed by atoms with E-state index in [0.717, 1.165) is 18.0 Å². The van der Waals surface area contributed by atoms with Crippen LogP contribution >= 0.6 is 11.3 Å². The van der Waals surface area contributed by atoms with Crippen LogP contribution in [0.25, 0.3) is 0 Å². The number of aromatic nitrogens is 1. The zero-order chi connectivity index (χ0) is 10.6. The number of nitrogens with one attached hydrogen (secondary N) is 1. The first-order valence-electron chi connectivity index (χ1n) is 4.99. The predicted octanol–water partition coefficient (Wildman–Crippen LogP) is 1.71. The van der Waals surface area contributed by atoms with Gasteiger partial charge in [-0.25, -0.2) is 4.98 Å². The van der Waals surface area contributed by atoms with Crippen LogP contribution in [0, 0.1) is 0 Å². The van der Waals surface area contributed by atoms with E-state index in [1.165, 1.54) is 0 Å². The lowest BCUT2D eigenvalue weighted by atomic mass is 9.99. The van der Waals surface area contributed by atoms with Crippen LogP contribution in [0.1, 0.15) is 32.2 Å². The molecule has 1 aromatic heterocycles. The highest BCUT2D eigenvalue weighted by molar-refractivity contribution is 7.09. The first-order valence-corrected chi connectivity index (χ1v) is 5.87. The van der Waals surface area contributed by atoms with Crippen molar-refractivity contribution in [2.24, 2.45) is 5.73 Å². The summed E-state index contributed by atoms with van der Waals surface area (Å²) in [6.45, 7) is 7.17. The van der Waals surface area contributed by atoms with Gasteiger partial charge in [-0.3, -0.25) is 0 Å². The van der Waals surface area contributed by atoms with Gasteiger partial charge in [0.05, 0.1) is 5.54 Å². The average molecular weight is 213 g/mol. The molecule has 14 heavy (non-hydrogen) atoms. The molecule has 0 aliphatic rings. The second-order valence-corrected chi connectivity index (χ2v) is 4.78. The first kappa shape index (κ1) is 11.6. The predicted molar refractivity (Wildman–Crippen MR) is 61.4 cm³/mol. The molecule has 0 spiro atoms. The number of hydrogen-bond acceptors (Lipinski definition) is 4. The normalized spacial score (nSPS) is 17.7. The van der Waals surface area contributed by atoms with E-state index >= 15 is 0 Å². The van der Waals surface area contributed by atoms with Crippen molar-refractivity contribution in [2.75, 3.05) is 6.54 Å². The minimum Gasteiger partial charge on any atom is -0.327 e. The van der Waals surface area contributed by atoms with Gasteiger partial charge >= 0.3 is 0 Å². The summed E-state index contributed by atoms with van der Waals surface area (Å²) in [6, 6.07) is 0.181. The fraction of sp³-hybridized carbons (Fsp3) is 0.700. The second-order valence-electron chi connectivity index (χ2n) is 3.88. The summed E-state index contributed by atoms with van der Waals surface area (Å²) in [6.07, 6.45) is 2.87. The van der Waals surface area contributed by atoms with Crippen LogP contribution in [0.4, 0.5) is 0 Å². The van der Waals surface area contributed by atoms with Gasteiger partial charge in [-0.1, -0.05) is 6.92 Å². The summed E-state index contributed by atoms with van der Waals surface area (Å²) < 4.78 is 0. The molecule has 3 N–H and O–H groups in total. The Hall–Kier alpha value is -0.450. The van der Waals surface area contributed by atoms with E-state index in [-0.39, 0.29) is 11.6 Å². The molecule has 0 fully saturated rings. The number of nitrogens with zero attached hydrogens (tertiary/aromatic N) is 1. The molecule has 1 rings (SSSR count). The molecule has 1 aromatic rings. The molecule has 0 aromatic carbocycles. The maximum atomic E-state index is 5.73. The quantitative estimate of drug-likeness (QED) is 0.783. The maximum absolute atomic E-state index is 5.73. The third-order valence-electron chi connectivity index (χ3n) is 2.43. The van der Waals surface area contributed by atoms with Crippen LogP contribution in [0.5, 0.6) is 0 Å².